The van der Waals surface area contributed by atoms with Gasteiger partial charge < -0.3 is 0 Å². The third-order valence-electron chi connectivity index (χ3n) is 5.62. The quantitative estimate of drug-likeness (QED) is 0.434. The molecule has 0 bridgehead atoms. The van der Waals surface area contributed by atoms with E-state index in [0.29, 0.717) is 0 Å². The predicted octanol–water partition coefficient (Wildman–Crippen LogP) is 6.19. The van der Waals surface area contributed by atoms with E-state index in [1.807, 2.05) is 6.56 Å². The van der Waals surface area contributed by atoms with Gasteiger partial charge in [0.15, 0.2) is 0 Å². The molecule has 0 radical (unpaired) electrons. The van der Waals surface area contributed by atoms with Crippen molar-refractivity contribution >= 4 is 31.7 Å². The summed E-state index contributed by atoms with van der Waals surface area (Å²) in [5.74, 6) is 0. The van der Waals surface area contributed by atoms with Crippen molar-refractivity contribution in [1.29, 1.82) is 0 Å². The van der Waals surface area contributed by atoms with Gasteiger partial charge in [-0.2, -0.15) is 0 Å². The summed E-state index contributed by atoms with van der Waals surface area (Å²) in [4.78, 5) is 0. The van der Waals surface area contributed by atoms with Crippen LogP contribution in [0, 0.1) is 0 Å². The molecule has 0 unspecified atom stereocenters. The Morgan fingerprint density at radius 1 is 0.864 bits per heavy atom. The summed E-state index contributed by atoms with van der Waals surface area (Å²) in [5, 5.41) is 0. The second kappa shape index (κ2) is 8.65. The van der Waals surface area contributed by atoms with E-state index in [0.717, 1.165) is 0 Å². The molecule has 0 spiro atoms. The van der Waals surface area contributed by atoms with Crippen LogP contribution in [0.4, 0.5) is 0 Å². The second-order valence-corrected chi connectivity index (χ2v) is 32.0. The van der Waals surface area contributed by atoms with E-state index in [1.165, 1.54) is 33.9 Å². The van der Waals surface area contributed by atoms with Crippen LogP contribution in [-0.4, -0.2) is 6.88 Å². The summed E-state index contributed by atoms with van der Waals surface area (Å²) in [7, 11) is 0. The minimum absolute atomic E-state index is 0. The molecule has 4 heteroatoms. The first-order valence-corrected chi connectivity index (χ1v) is 20.1. The topological polar surface area (TPSA) is 0 Å². The van der Waals surface area contributed by atoms with Gasteiger partial charge in [-0.25, -0.2) is 0 Å². The van der Waals surface area contributed by atoms with Crippen molar-refractivity contribution in [2.75, 3.05) is 0 Å². The van der Waals surface area contributed by atoms with Gasteiger partial charge in [-0.1, -0.05) is 0 Å². The van der Waals surface area contributed by atoms with E-state index in [2.05, 4.69) is 58.9 Å². The Labute approximate surface area is 151 Å². The molecule has 22 heavy (non-hydrogen) atoms. The van der Waals surface area contributed by atoms with Crippen molar-refractivity contribution in [3.05, 3.63) is 42.0 Å². The van der Waals surface area contributed by atoms with Gasteiger partial charge in [-0.15, -0.1) is 24.8 Å². The van der Waals surface area contributed by atoms with Crippen LogP contribution in [0.25, 0.3) is 0 Å². The average Bonchev–Trinajstić information content (AvgIpc) is 2.99. The van der Waals surface area contributed by atoms with Gasteiger partial charge in [-0.05, 0) is 0 Å². The number of allylic oxidation sites excluding steroid dienone is 8. The largest absolute Gasteiger partial charge is 0.147 e. The zero-order valence-corrected chi connectivity index (χ0v) is 20.1. The Hall–Kier alpha value is 0.640. The fraction of sp³-hybridized carbons (Fsp3) is 0.556. The summed E-state index contributed by atoms with van der Waals surface area (Å²) in [6, 6.07) is 0. The van der Waals surface area contributed by atoms with Gasteiger partial charge in [0.2, 0.25) is 0 Å². The molecule has 0 saturated heterocycles. The Bertz CT molecular complexity index is 542. The van der Waals surface area contributed by atoms with Crippen LogP contribution < -0.4 is 0 Å². The van der Waals surface area contributed by atoms with Crippen LogP contribution in [0.3, 0.4) is 0 Å². The molecule has 0 aromatic carbocycles. The van der Waals surface area contributed by atoms with E-state index in [1.54, 1.807) is 11.1 Å². The molecule has 2 aliphatic carbocycles. The first kappa shape index (κ1) is 22.6. The smallest absolute Gasteiger partial charge is 0.147 e. The number of hydrogen-bond donors (Lipinski definition) is 0. The number of hydrogen-bond acceptors (Lipinski definition) is 0. The van der Waals surface area contributed by atoms with Crippen molar-refractivity contribution in [2.45, 2.75) is 61.6 Å². The van der Waals surface area contributed by atoms with E-state index >= 15 is 0 Å². The van der Waals surface area contributed by atoms with Crippen LogP contribution in [0.2, 0.25) is 8.26 Å². The maximum Gasteiger partial charge on any atom is -0.147 e. The van der Waals surface area contributed by atoms with Crippen molar-refractivity contribution in [3.63, 3.8) is 0 Å². The molecule has 0 aromatic heterocycles. The van der Waals surface area contributed by atoms with E-state index in [9.17, 15) is 0 Å². The Morgan fingerprint density at radius 3 is 1.45 bits per heavy atom. The van der Waals surface area contributed by atoms with Crippen molar-refractivity contribution < 1.29 is 17.4 Å². The van der Waals surface area contributed by atoms with Crippen LogP contribution in [0.1, 0.15) is 53.4 Å². The van der Waals surface area contributed by atoms with Crippen molar-refractivity contribution in [3.8, 4) is 0 Å². The summed E-state index contributed by atoms with van der Waals surface area (Å²) in [6.07, 6.45) is 14.8. The van der Waals surface area contributed by atoms with Crippen LogP contribution in [0.15, 0.2) is 42.0 Å². The number of halogens is 2. The molecule has 2 rings (SSSR count). The summed E-state index contributed by atoms with van der Waals surface area (Å²) >= 11 is -2.97. The molecule has 0 atom stereocenters. The predicted molar refractivity (Wildman–Crippen MR) is 106 cm³/mol. The molecule has 0 aromatic rings. The Kier molecular flexibility index (Phi) is 8.90. The molecule has 0 fully saturated rings. The van der Waals surface area contributed by atoms with E-state index in [-0.39, 0.29) is 24.8 Å². The molecular formula is C18H32Cl2SiZr. The number of rotatable bonds is 6. The molecule has 0 amide bonds. The minimum atomic E-state index is -2.97. The van der Waals surface area contributed by atoms with E-state index < -0.39 is 17.4 Å². The van der Waals surface area contributed by atoms with Crippen LogP contribution in [-0.2, 0) is 17.4 Å². The molecule has 0 nitrogen and oxygen atoms in total. The van der Waals surface area contributed by atoms with Gasteiger partial charge >= 0.3 is 128 Å². The molecule has 0 aliphatic heterocycles. The monoisotopic (exact) mass is 436 g/mol. The third-order valence-corrected chi connectivity index (χ3v) is 34.0. The summed E-state index contributed by atoms with van der Waals surface area (Å²) in [5.41, 5.74) is 3.22. The van der Waals surface area contributed by atoms with Crippen molar-refractivity contribution in [2.24, 2.45) is 0 Å². The first-order chi connectivity index (χ1) is 9.46. The molecule has 0 heterocycles. The van der Waals surface area contributed by atoms with Crippen LogP contribution in [0.5, 0.6) is 0 Å². The van der Waals surface area contributed by atoms with Crippen molar-refractivity contribution in [1.82, 2.24) is 0 Å². The molecule has 0 N–H and O–H groups in total. The maximum atomic E-state index is 2.50. The zero-order chi connectivity index (χ0) is 14.8. The van der Waals surface area contributed by atoms with Gasteiger partial charge in [0.25, 0.3) is 0 Å². The summed E-state index contributed by atoms with van der Waals surface area (Å²) in [6.45, 7) is 12.0. The van der Waals surface area contributed by atoms with Gasteiger partial charge in [0.1, 0.15) is 0 Å². The Morgan fingerprint density at radius 2 is 1.23 bits per heavy atom. The molecule has 0 saturated carbocycles. The third kappa shape index (κ3) is 3.66. The van der Waals surface area contributed by atoms with Gasteiger partial charge in [-0.3, -0.25) is 0 Å². The second-order valence-electron chi connectivity index (χ2n) is 6.97. The average molecular weight is 439 g/mol. The standard InChI is InChI=1S/2C6H7.2C3H7.2ClH.H2Si.Zr/c2*1-6-4-2-3-5-6;2*1-3-2;;;;/h2*2,4H,3H2,1H3;2*1,3H2,2H3;2*1H;1H2;. The molecular weight excluding hydrogens is 406 g/mol. The van der Waals surface area contributed by atoms with E-state index in [4.69, 9.17) is 0 Å². The Balaban J connectivity index is 0.00000220. The normalized spacial score (nSPS) is 17.9. The van der Waals surface area contributed by atoms with Crippen LogP contribution >= 0.6 is 24.8 Å². The minimum Gasteiger partial charge on any atom is -0.147 e. The fourth-order valence-electron chi connectivity index (χ4n) is 4.92. The maximum absolute atomic E-state index is 2.97. The van der Waals surface area contributed by atoms with Gasteiger partial charge in [0, 0.05) is 0 Å². The van der Waals surface area contributed by atoms with Gasteiger partial charge in [0.05, 0.1) is 0 Å². The fourth-order valence-corrected chi connectivity index (χ4v) is 33.2. The molecule has 2 aliphatic rings. The molecule has 126 valence electrons. The first-order valence-electron chi connectivity index (χ1n) is 8.24. The summed E-state index contributed by atoms with van der Waals surface area (Å²) < 4.78 is 6.81. The zero-order valence-electron chi connectivity index (χ0n) is 14.6. The SMILES string of the molecule is CC[CH2][Zr](=[SiH2])([CH2]CC)([C]1=C(C)C=CC1)[C]1=C(C)C=CC1.Cl.Cl.